The number of halogens is 1. The van der Waals surface area contributed by atoms with Crippen LogP contribution in [0.25, 0.3) is 22.1 Å². The van der Waals surface area contributed by atoms with Crippen LogP contribution in [-0.2, 0) is 11.2 Å². The van der Waals surface area contributed by atoms with Gasteiger partial charge in [0.1, 0.15) is 22.6 Å². The molecule has 40 heavy (non-hydrogen) atoms. The van der Waals surface area contributed by atoms with Crippen molar-refractivity contribution in [1.82, 2.24) is 5.32 Å². The lowest BCUT2D eigenvalue weighted by Crippen LogP contribution is -2.29. The summed E-state index contributed by atoms with van der Waals surface area (Å²) in [6.45, 7) is 0.0540. The van der Waals surface area contributed by atoms with Gasteiger partial charge in [0.25, 0.3) is 5.91 Å². The maximum absolute atomic E-state index is 12.6. The smallest absolute Gasteiger partial charge is 0.349 e. The quantitative estimate of drug-likeness (QED) is 0.124. The van der Waals surface area contributed by atoms with Crippen LogP contribution in [-0.4, -0.2) is 25.0 Å². The molecule has 1 aromatic heterocycles. The molecule has 0 spiro atoms. The first-order valence-electron chi connectivity index (χ1n) is 12.5. The minimum atomic E-state index is -0.777. The van der Waals surface area contributed by atoms with Crippen LogP contribution >= 0.6 is 15.9 Å². The highest BCUT2D eigenvalue weighted by Crippen LogP contribution is 2.31. The average molecular weight is 598 g/mol. The minimum Gasteiger partial charge on any atom is -0.481 e. The molecule has 1 heterocycles. The Morgan fingerprint density at radius 2 is 1.57 bits per heavy atom. The number of nitrogens with one attached hydrogen (secondary N) is 1. The summed E-state index contributed by atoms with van der Waals surface area (Å²) in [5.41, 5.74) is 2.47. The van der Waals surface area contributed by atoms with E-state index in [2.05, 4.69) is 21.2 Å². The molecule has 0 atom stereocenters. The summed E-state index contributed by atoms with van der Waals surface area (Å²) in [6, 6.07) is 31.3. The van der Waals surface area contributed by atoms with E-state index in [0.717, 1.165) is 16.7 Å². The molecule has 0 aliphatic heterocycles. The van der Waals surface area contributed by atoms with Gasteiger partial charge in [0.05, 0.1) is 4.47 Å². The van der Waals surface area contributed by atoms with Gasteiger partial charge in [-0.3, -0.25) is 4.79 Å². The summed E-state index contributed by atoms with van der Waals surface area (Å²) >= 11 is 3.49. The molecule has 0 aliphatic rings. The summed E-state index contributed by atoms with van der Waals surface area (Å²) in [5, 5.41) is 3.27. The van der Waals surface area contributed by atoms with Gasteiger partial charge < -0.3 is 19.2 Å². The van der Waals surface area contributed by atoms with E-state index in [1.165, 1.54) is 12.1 Å². The second-order valence-electron chi connectivity index (χ2n) is 8.91. The van der Waals surface area contributed by atoms with Gasteiger partial charge in [0, 0.05) is 18.0 Å². The number of rotatable bonds is 9. The number of carbonyl (C=O) groups excluding carboxylic acids is 2. The number of hydrogen-bond donors (Lipinski definition) is 1. The van der Waals surface area contributed by atoms with Crippen LogP contribution in [0, 0.1) is 0 Å². The fourth-order valence-corrected chi connectivity index (χ4v) is 4.59. The summed E-state index contributed by atoms with van der Waals surface area (Å²) in [5.74, 6) is -0.462. The summed E-state index contributed by atoms with van der Waals surface area (Å²) < 4.78 is 17.1. The topological polar surface area (TPSA) is 94.8 Å². The Morgan fingerprint density at radius 1 is 0.825 bits per heavy atom. The lowest BCUT2D eigenvalue weighted by atomic mass is 10.1. The Hall–Kier alpha value is -4.69. The van der Waals surface area contributed by atoms with Crippen LogP contribution in [0.3, 0.4) is 0 Å². The van der Waals surface area contributed by atoms with E-state index >= 15 is 0 Å². The first-order chi connectivity index (χ1) is 19.5. The molecule has 0 saturated carbocycles. The number of benzene rings is 4. The number of hydrogen-bond acceptors (Lipinski definition) is 6. The monoisotopic (exact) mass is 597 g/mol. The zero-order valence-corrected chi connectivity index (χ0v) is 22.8. The van der Waals surface area contributed by atoms with Crippen LogP contribution < -0.4 is 20.4 Å². The third kappa shape index (κ3) is 6.65. The highest BCUT2D eigenvalue weighted by atomic mass is 79.9. The summed E-state index contributed by atoms with van der Waals surface area (Å²) in [4.78, 5) is 37.5. The first-order valence-corrected chi connectivity index (χ1v) is 13.3. The van der Waals surface area contributed by atoms with Crippen molar-refractivity contribution in [2.45, 2.75) is 6.42 Å². The van der Waals surface area contributed by atoms with Gasteiger partial charge in [-0.1, -0.05) is 66.7 Å². The summed E-state index contributed by atoms with van der Waals surface area (Å²) in [6.07, 6.45) is 0.639. The Kier molecular flexibility index (Phi) is 8.37. The van der Waals surface area contributed by atoms with E-state index in [1.54, 1.807) is 18.2 Å². The zero-order chi connectivity index (χ0) is 27.9. The van der Waals surface area contributed by atoms with E-state index < -0.39 is 17.5 Å². The highest BCUT2D eigenvalue weighted by Gasteiger charge is 2.15. The molecular formula is C32H24BrNO6. The second-order valence-corrected chi connectivity index (χ2v) is 9.77. The first kappa shape index (κ1) is 26.9. The molecule has 7 nitrogen and oxygen atoms in total. The Bertz CT molecular complexity index is 1720. The fraction of sp³-hybridized carbons (Fsp3) is 0.0938. The summed E-state index contributed by atoms with van der Waals surface area (Å²) in [7, 11) is 0. The van der Waals surface area contributed by atoms with Crippen molar-refractivity contribution in [2.75, 3.05) is 13.2 Å². The molecule has 200 valence electrons. The maximum atomic E-state index is 12.6. The molecule has 1 amide bonds. The van der Waals surface area contributed by atoms with Gasteiger partial charge in [-0.25, -0.2) is 9.59 Å². The van der Waals surface area contributed by atoms with Crippen LogP contribution in [0.4, 0.5) is 0 Å². The number of fused-ring (bicyclic) bond motifs is 1. The second kappa shape index (κ2) is 12.4. The fourth-order valence-electron chi connectivity index (χ4n) is 4.10. The molecule has 5 aromatic rings. The van der Waals surface area contributed by atoms with E-state index in [-0.39, 0.29) is 23.5 Å². The van der Waals surface area contributed by atoms with Crippen LogP contribution in [0.2, 0.25) is 0 Å². The third-order valence-electron chi connectivity index (χ3n) is 6.11. The normalized spacial score (nSPS) is 10.7. The molecule has 0 aliphatic carbocycles. The molecule has 5 rings (SSSR count). The van der Waals surface area contributed by atoms with Gasteiger partial charge in [-0.15, -0.1) is 0 Å². The third-order valence-corrected chi connectivity index (χ3v) is 6.73. The van der Waals surface area contributed by atoms with Gasteiger partial charge in [-0.05, 0) is 69.4 Å². The molecule has 0 bridgehead atoms. The van der Waals surface area contributed by atoms with Gasteiger partial charge >= 0.3 is 11.6 Å². The molecule has 0 fully saturated rings. The SMILES string of the molecule is O=C(COc1ccc(-c2ccccc2)cc1Br)Oc1ccc2cc(C(=O)NCCc3ccccc3)c(=O)oc2c1. The lowest BCUT2D eigenvalue weighted by Gasteiger charge is -2.10. The molecule has 8 heteroatoms. The Labute approximate surface area is 238 Å². The van der Waals surface area contributed by atoms with Crippen molar-refractivity contribution in [1.29, 1.82) is 0 Å². The largest absolute Gasteiger partial charge is 0.481 e. The van der Waals surface area contributed by atoms with Crippen LogP contribution in [0.15, 0.2) is 117 Å². The van der Waals surface area contributed by atoms with E-state index in [0.29, 0.717) is 28.6 Å². The minimum absolute atomic E-state index is 0.0948. The van der Waals surface area contributed by atoms with Crippen LogP contribution in [0.1, 0.15) is 15.9 Å². The van der Waals surface area contributed by atoms with Crippen molar-refractivity contribution in [3.05, 3.63) is 129 Å². The van der Waals surface area contributed by atoms with Crippen LogP contribution in [0.5, 0.6) is 11.5 Å². The molecule has 4 aromatic carbocycles. The molecule has 1 N–H and O–H groups in total. The molecule has 0 unspecified atom stereocenters. The Morgan fingerprint density at radius 3 is 2.33 bits per heavy atom. The number of ether oxygens (including phenoxy) is 2. The molecule has 0 radical (unpaired) electrons. The number of amides is 1. The predicted molar refractivity (Wildman–Crippen MR) is 156 cm³/mol. The molecule has 0 saturated heterocycles. The highest BCUT2D eigenvalue weighted by molar-refractivity contribution is 9.10. The van der Waals surface area contributed by atoms with Gasteiger partial charge in [0.2, 0.25) is 0 Å². The van der Waals surface area contributed by atoms with E-state index in [4.69, 9.17) is 13.9 Å². The zero-order valence-electron chi connectivity index (χ0n) is 21.3. The van der Waals surface area contributed by atoms with Crippen molar-refractivity contribution in [3.63, 3.8) is 0 Å². The van der Waals surface area contributed by atoms with Crippen molar-refractivity contribution in [2.24, 2.45) is 0 Å². The number of esters is 1. The molecular weight excluding hydrogens is 574 g/mol. The number of carbonyl (C=O) groups is 2. The standard InChI is InChI=1S/C32H24BrNO6/c33-27-18-23(22-9-5-2-6-10-22)12-14-28(27)38-20-30(35)39-25-13-11-24-17-26(32(37)40-29(24)19-25)31(36)34-16-15-21-7-3-1-4-8-21/h1-14,17-19H,15-16,20H2,(H,34,36). The average Bonchev–Trinajstić information content (AvgIpc) is 2.97. The van der Waals surface area contributed by atoms with Gasteiger partial charge in [-0.2, -0.15) is 0 Å². The predicted octanol–water partition coefficient (Wildman–Crippen LogP) is 6.18. The Balaban J connectivity index is 1.18. The van der Waals surface area contributed by atoms with Crippen molar-refractivity contribution < 1.29 is 23.5 Å². The van der Waals surface area contributed by atoms with E-state index in [1.807, 2.05) is 72.8 Å². The van der Waals surface area contributed by atoms with E-state index in [9.17, 15) is 14.4 Å². The lowest BCUT2D eigenvalue weighted by molar-refractivity contribution is -0.136. The van der Waals surface area contributed by atoms with Crippen molar-refractivity contribution in [3.8, 4) is 22.6 Å². The van der Waals surface area contributed by atoms with Gasteiger partial charge in [0.15, 0.2) is 6.61 Å². The maximum Gasteiger partial charge on any atom is 0.349 e. The van der Waals surface area contributed by atoms with Crippen molar-refractivity contribution >= 4 is 38.8 Å².